The smallest absolute Gasteiger partial charge is 0.0404 e. The number of rotatable bonds is 1. The summed E-state index contributed by atoms with van der Waals surface area (Å²) in [6.45, 7) is 5.11. The van der Waals surface area contributed by atoms with E-state index in [-0.39, 0.29) is 0 Å². The molecule has 0 N–H and O–H groups in total. The average Bonchev–Trinajstić information content (AvgIpc) is 1.62. The van der Waals surface area contributed by atoms with Gasteiger partial charge in [0, 0.05) is 16.8 Å². The number of hydrogen-bond acceptors (Lipinski definition) is 2. The molecule has 0 aliphatic rings. The van der Waals surface area contributed by atoms with Crippen LogP contribution < -0.4 is 0 Å². The van der Waals surface area contributed by atoms with Gasteiger partial charge in [0.25, 0.3) is 0 Å². The highest BCUT2D eigenvalue weighted by Crippen LogP contribution is 2.16. The SMILES string of the molecule is CC(C)(C)N(Cl)S(=O)[O-]. The Kier molecular flexibility index (Phi) is 3.08. The molecule has 0 spiro atoms. The highest BCUT2D eigenvalue weighted by atomic mass is 35.5. The molecular formula is C4H9ClNO2S-. The first kappa shape index (κ1) is 9.36. The molecule has 0 rings (SSSR count). The summed E-state index contributed by atoms with van der Waals surface area (Å²) in [6.07, 6.45) is 0. The normalized spacial score (nSPS) is 16.2. The van der Waals surface area contributed by atoms with Crippen molar-refractivity contribution in [1.82, 2.24) is 3.82 Å². The van der Waals surface area contributed by atoms with Crippen molar-refractivity contribution in [3.05, 3.63) is 0 Å². The summed E-state index contributed by atoms with van der Waals surface area (Å²) in [5.74, 6) is 0. The molecule has 0 aliphatic heterocycles. The van der Waals surface area contributed by atoms with E-state index in [1.54, 1.807) is 20.8 Å². The molecule has 56 valence electrons. The Balaban J connectivity index is 4.04. The van der Waals surface area contributed by atoms with E-state index in [1.165, 1.54) is 0 Å². The van der Waals surface area contributed by atoms with Crippen molar-refractivity contribution >= 4 is 23.0 Å². The van der Waals surface area contributed by atoms with E-state index >= 15 is 0 Å². The van der Waals surface area contributed by atoms with Gasteiger partial charge in [-0.2, -0.15) is 0 Å². The topological polar surface area (TPSA) is 43.4 Å². The molecule has 1 atom stereocenters. The maximum absolute atomic E-state index is 10.1. The second-order valence-corrected chi connectivity index (χ2v) is 3.97. The minimum atomic E-state index is -2.33. The van der Waals surface area contributed by atoms with Gasteiger partial charge in [-0.3, -0.25) is 4.21 Å². The molecule has 0 aromatic heterocycles. The number of hydrogen-bond donors (Lipinski definition) is 0. The van der Waals surface area contributed by atoms with Crippen molar-refractivity contribution in [3.8, 4) is 0 Å². The van der Waals surface area contributed by atoms with Gasteiger partial charge < -0.3 is 4.55 Å². The lowest BCUT2D eigenvalue weighted by Gasteiger charge is -2.29. The highest BCUT2D eigenvalue weighted by Gasteiger charge is 2.19. The summed E-state index contributed by atoms with van der Waals surface area (Å²) in [7, 11) is 0. The third-order valence-corrected chi connectivity index (χ3v) is 2.31. The zero-order valence-corrected chi connectivity index (χ0v) is 7.12. The van der Waals surface area contributed by atoms with Gasteiger partial charge in [-0.15, -0.1) is 3.82 Å². The van der Waals surface area contributed by atoms with Crippen molar-refractivity contribution in [2.24, 2.45) is 0 Å². The molecule has 0 radical (unpaired) electrons. The molecule has 0 saturated heterocycles. The van der Waals surface area contributed by atoms with Crippen LogP contribution in [0.5, 0.6) is 0 Å². The first-order valence-electron chi connectivity index (χ1n) is 2.41. The van der Waals surface area contributed by atoms with Crippen LogP contribution in [0.2, 0.25) is 0 Å². The molecule has 3 nitrogen and oxygen atoms in total. The Bertz CT molecular complexity index is 122. The van der Waals surface area contributed by atoms with Crippen LogP contribution in [0, 0.1) is 0 Å². The summed E-state index contributed by atoms with van der Waals surface area (Å²) in [6, 6.07) is 0. The largest absolute Gasteiger partial charge is 0.759 e. The van der Waals surface area contributed by atoms with Gasteiger partial charge in [-0.05, 0) is 32.5 Å². The van der Waals surface area contributed by atoms with Crippen molar-refractivity contribution in [2.75, 3.05) is 0 Å². The third-order valence-electron chi connectivity index (χ3n) is 0.658. The van der Waals surface area contributed by atoms with Crippen LogP contribution in [0.1, 0.15) is 20.8 Å². The molecule has 0 saturated carbocycles. The summed E-state index contributed by atoms with van der Waals surface area (Å²) < 4.78 is 21.0. The molecule has 0 aromatic carbocycles. The van der Waals surface area contributed by atoms with E-state index in [1.807, 2.05) is 0 Å². The fraction of sp³-hybridized carbons (Fsp3) is 1.00. The van der Waals surface area contributed by atoms with Crippen molar-refractivity contribution in [3.63, 3.8) is 0 Å². The fourth-order valence-electron chi connectivity index (χ4n) is 0.224. The molecule has 0 bridgehead atoms. The molecular weight excluding hydrogens is 162 g/mol. The molecule has 0 amide bonds. The van der Waals surface area contributed by atoms with Crippen molar-refractivity contribution < 1.29 is 8.76 Å². The second-order valence-electron chi connectivity index (χ2n) is 2.63. The molecule has 0 aliphatic carbocycles. The highest BCUT2D eigenvalue weighted by molar-refractivity contribution is 7.77. The van der Waals surface area contributed by atoms with E-state index in [9.17, 15) is 8.76 Å². The minimum absolute atomic E-state index is 0.534. The van der Waals surface area contributed by atoms with E-state index in [4.69, 9.17) is 11.8 Å². The van der Waals surface area contributed by atoms with Crippen molar-refractivity contribution in [2.45, 2.75) is 26.3 Å². The molecule has 5 heteroatoms. The van der Waals surface area contributed by atoms with E-state index in [0.717, 1.165) is 3.82 Å². The van der Waals surface area contributed by atoms with Crippen LogP contribution in [0.25, 0.3) is 0 Å². The number of nitrogens with zero attached hydrogens (tertiary/aromatic N) is 1. The lowest BCUT2D eigenvalue weighted by Crippen LogP contribution is -2.34. The molecule has 9 heavy (non-hydrogen) atoms. The Morgan fingerprint density at radius 3 is 1.89 bits per heavy atom. The molecule has 0 aromatic rings. The summed E-state index contributed by atoms with van der Waals surface area (Å²) >= 11 is 2.98. The van der Waals surface area contributed by atoms with Gasteiger partial charge in [0.15, 0.2) is 0 Å². The molecule has 0 fully saturated rings. The Morgan fingerprint density at radius 2 is 1.89 bits per heavy atom. The predicted molar refractivity (Wildman–Crippen MR) is 36.4 cm³/mol. The van der Waals surface area contributed by atoms with Crippen LogP contribution >= 0.6 is 11.8 Å². The Hall–Kier alpha value is 0.360. The first-order chi connectivity index (χ1) is 3.85. The van der Waals surface area contributed by atoms with Gasteiger partial charge in [0.05, 0.1) is 0 Å². The predicted octanol–water partition coefficient (Wildman–Crippen LogP) is 1.03. The molecule has 1 unspecified atom stereocenters. The van der Waals surface area contributed by atoms with Gasteiger partial charge in [0.2, 0.25) is 0 Å². The van der Waals surface area contributed by atoms with Crippen LogP contribution in [-0.2, 0) is 11.3 Å². The lowest BCUT2D eigenvalue weighted by molar-refractivity contribution is 0.355. The van der Waals surface area contributed by atoms with Crippen molar-refractivity contribution in [1.29, 1.82) is 0 Å². The summed E-state index contributed by atoms with van der Waals surface area (Å²) in [5, 5.41) is 0. The van der Waals surface area contributed by atoms with Gasteiger partial charge in [-0.1, -0.05) is 0 Å². The van der Waals surface area contributed by atoms with Crippen LogP contribution in [-0.4, -0.2) is 18.1 Å². The van der Waals surface area contributed by atoms with Crippen LogP contribution in [0.3, 0.4) is 0 Å². The van der Waals surface area contributed by atoms with Crippen LogP contribution in [0.4, 0.5) is 0 Å². The fourth-order valence-corrected chi connectivity index (χ4v) is 0.671. The lowest BCUT2D eigenvalue weighted by atomic mass is 10.1. The monoisotopic (exact) mass is 170 g/mol. The Labute approximate surface area is 62.5 Å². The standard InChI is InChI=1S/C4H10ClNO2S/c1-4(2,3)6(5)9(7)8/h1-3H3,(H,7,8)/p-1. The van der Waals surface area contributed by atoms with Gasteiger partial charge in [0.1, 0.15) is 0 Å². The maximum atomic E-state index is 10.1. The second kappa shape index (κ2) is 2.96. The van der Waals surface area contributed by atoms with E-state index in [2.05, 4.69) is 0 Å². The quantitative estimate of drug-likeness (QED) is 0.436. The maximum Gasteiger partial charge on any atom is 0.0404 e. The zero-order chi connectivity index (χ0) is 7.65. The first-order valence-corrected chi connectivity index (χ1v) is 3.78. The van der Waals surface area contributed by atoms with E-state index in [0.29, 0.717) is 0 Å². The van der Waals surface area contributed by atoms with Crippen LogP contribution in [0.15, 0.2) is 0 Å². The summed E-state index contributed by atoms with van der Waals surface area (Å²) in [5.41, 5.74) is -0.534. The van der Waals surface area contributed by atoms with Gasteiger partial charge in [-0.25, -0.2) is 0 Å². The number of halogens is 1. The third kappa shape index (κ3) is 3.15. The summed E-state index contributed by atoms with van der Waals surface area (Å²) in [4.78, 5) is 0. The average molecular weight is 171 g/mol. The minimum Gasteiger partial charge on any atom is -0.759 e. The molecule has 0 heterocycles. The van der Waals surface area contributed by atoms with E-state index < -0.39 is 16.8 Å². The Morgan fingerprint density at radius 1 is 1.56 bits per heavy atom. The zero-order valence-electron chi connectivity index (χ0n) is 5.55. The van der Waals surface area contributed by atoms with Gasteiger partial charge >= 0.3 is 0 Å².